The van der Waals surface area contributed by atoms with Crippen LogP contribution in [-0.4, -0.2) is 47.2 Å². The van der Waals surface area contributed by atoms with Crippen molar-refractivity contribution in [1.29, 1.82) is 0 Å². The molecular weight excluding hydrogens is 440 g/mol. The van der Waals surface area contributed by atoms with Gasteiger partial charge in [0, 0.05) is 48.4 Å². The van der Waals surface area contributed by atoms with Crippen molar-refractivity contribution in [3.05, 3.63) is 33.7 Å². The van der Waals surface area contributed by atoms with Gasteiger partial charge in [-0.1, -0.05) is 11.6 Å². The van der Waals surface area contributed by atoms with Gasteiger partial charge >= 0.3 is 0 Å². The number of fused-ring (bicyclic) bond motifs is 4. The number of halogens is 1. The van der Waals surface area contributed by atoms with Crippen LogP contribution in [0.5, 0.6) is 0 Å². The average molecular weight is 467 g/mol. The molecule has 33 heavy (non-hydrogen) atoms. The van der Waals surface area contributed by atoms with E-state index >= 15 is 0 Å². The Morgan fingerprint density at radius 1 is 1.27 bits per heavy atom. The lowest BCUT2D eigenvalue weighted by atomic mass is 9.86. The second-order valence-corrected chi connectivity index (χ2v) is 10.2. The van der Waals surface area contributed by atoms with Crippen molar-refractivity contribution in [1.82, 2.24) is 29.5 Å². The van der Waals surface area contributed by atoms with E-state index in [0.717, 1.165) is 43.1 Å². The quantitative estimate of drug-likeness (QED) is 0.479. The minimum atomic E-state index is -0.175. The molecule has 0 aliphatic carbocycles. The molecular formula is C23H27ClN8O. The summed E-state index contributed by atoms with van der Waals surface area (Å²) in [6.45, 7) is 4.90. The molecule has 2 bridgehead atoms. The molecule has 4 aromatic rings. The Balaban J connectivity index is 1.49. The van der Waals surface area contributed by atoms with Gasteiger partial charge in [-0.15, -0.1) is 0 Å². The Morgan fingerprint density at radius 2 is 2.00 bits per heavy atom. The van der Waals surface area contributed by atoms with Gasteiger partial charge < -0.3 is 10.6 Å². The van der Waals surface area contributed by atoms with Gasteiger partial charge in [0.2, 0.25) is 5.95 Å². The number of hydrogen-bond acceptors (Lipinski definition) is 6. The number of hydrogen-bond donors (Lipinski definition) is 2. The molecule has 0 radical (unpaired) electrons. The van der Waals surface area contributed by atoms with E-state index in [9.17, 15) is 4.79 Å². The summed E-state index contributed by atoms with van der Waals surface area (Å²) in [7, 11) is 1.78. The van der Waals surface area contributed by atoms with Gasteiger partial charge in [-0.3, -0.25) is 19.1 Å². The summed E-state index contributed by atoms with van der Waals surface area (Å²) >= 11 is 6.77. The van der Waals surface area contributed by atoms with Gasteiger partial charge in [0.05, 0.1) is 16.2 Å². The van der Waals surface area contributed by atoms with Crippen LogP contribution in [0.1, 0.15) is 39.5 Å². The van der Waals surface area contributed by atoms with Gasteiger partial charge in [-0.25, -0.2) is 0 Å². The molecule has 2 saturated heterocycles. The highest BCUT2D eigenvalue weighted by Gasteiger charge is 2.46. The number of aromatic amines is 1. The molecule has 3 N–H and O–H groups in total. The predicted octanol–water partition coefficient (Wildman–Crippen LogP) is 3.20. The second kappa shape index (κ2) is 7.04. The first-order chi connectivity index (χ1) is 15.8. The molecule has 0 saturated carbocycles. The van der Waals surface area contributed by atoms with E-state index in [2.05, 4.69) is 27.1 Å². The summed E-state index contributed by atoms with van der Waals surface area (Å²) in [4.78, 5) is 20.7. The molecule has 1 aromatic carbocycles. The second-order valence-electron chi connectivity index (χ2n) is 9.77. The fourth-order valence-electron chi connectivity index (χ4n) is 5.78. The van der Waals surface area contributed by atoms with Crippen molar-refractivity contribution in [3.63, 3.8) is 0 Å². The lowest BCUT2D eigenvalue weighted by Gasteiger charge is -2.43. The van der Waals surface area contributed by atoms with Crippen LogP contribution in [0, 0.1) is 0 Å². The van der Waals surface area contributed by atoms with Crippen LogP contribution < -0.4 is 16.2 Å². The number of rotatable bonds is 3. The summed E-state index contributed by atoms with van der Waals surface area (Å²) in [6.07, 6.45) is 5.84. The topological polar surface area (TPSA) is 111 Å². The zero-order valence-corrected chi connectivity index (χ0v) is 19.7. The Hall–Kier alpha value is -2.91. The lowest BCUT2D eigenvalue weighted by Crippen LogP contribution is -2.55. The summed E-state index contributed by atoms with van der Waals surface area (Å²) in [5.41, 5.74) is 8.68. The van der Waals surface area contributed by atoms with Gasteiger partial charge in [-0.05, 0) is 51.7 Å². The fraction of sp³-hybridized carbons (Fsp3) is 0.478. The van der Waals surface area contributed by atoms with Crippen LogP contribution in [0.25, 0.3) is 33.2 Å². The standard InChI is InChI=1S/C23H27ClN8O/c1-4-31-11-15-16(29-31)8-7-14(18(15)24)19-17-20(28-27-19)26-22(30(3)21(17)33)32-12-5-6-13(32)10-23(2,25)9-12/h7-8,11-13H,4-6,9-10,25H2,1-3H3,(H,27,28). The van der Waals surface area contributed by atoms with Gasteiger partial charge in [0.1, 0.15) is 5.39 Å². The molecule has 2 aliphatic rings. The van der Waals surface area contributed by atoms with Crippen molar-refractivity contribution in [2.75, 3.05) is 4.90 Å². The third-order valence-corrected chi connectivity index (χ3v) is 7.70. The van der Waals surface area contributed by atoms with Gasteiger partial charge in [-0.2, -0.15) is 15.2 Å². The monoisotopic (exact) mass is 466 g/mol. The van der Waals surface area contributed by atoms with Crippen LogP contribution in [-0.2, 0) is 13.6 Å². The van der Waals surface area contributed by atoms with Crippen LogP contribution >= 0.6 is 11.6 Å². The Morgan fingerprint density at radius 3 is 2.70 bits per heavy atom. The largest absolute Gasteiger partial charge is 0.336 e. The number of nitrogens with two attached hydrogens (primary N) is 1. The summed E-state index contributed by atoms with van der Waals surface area (Å²) in [6, 6.07) is 4.38. The third kappa shape index (κ3) is 3.02. The first-order valence-electron chi connectivity index (χ1n) is 11.5. The van der Waals surface area contributed by atoms with Crippen LogP contribution in [0.15, 0.2) is 23.1 Å². The highest BCUT2D eigenvalue weighted by Crippen LogP contribution is 2.42. The number of piperidine rings is 1. The highest BCUT2D eigenvalue weighted by atomic mass is 35.5. The third-order valence-electron chi connectivity index (χ3n) is 7.29. The van der Waals surface area contributed by atoms with Crippen LogP contribution in [0.3, 0.4) is 0 Å². The van der Waals surface area contributed by atoms with E-state index in [1.807, 2.05) is 29.9 Å². The Bertz CT molecular complexity index is 1450. The Kier molecular flexibility index (Phi) is 4.41. The normalized spacial score (nSPS) is 24.9. The minimum Gasteiger partial charge on any atom is -0.336 e. The van der Waals surface area contributed by atoms with E-state index in [4.69, 9.17) is 22.3 Å². The minimum absolute atomic E-state index is 0.139. The molecule has 3 aromatic heterocycles. The molecule has 2 aliphatic heterocycles. The maximum Gasteiger partial charge on any atom is 0.266 e. The van der Waals surface area contributed by atoms with Crippen molar-refractivity contribution in [3.8, 4) is 11.3 Å². The molecule has 10 heteroatoms. The van der Waals surface area contributed by atoms with Crippen molar-refractivity contribution in [2.24, 2.45) is 12.8 Å². The molecule has 0 spiro atoms. The van der Waals surface area contributed by atoms with Gasteiger partial charge in [0.15, 0.2) is 5.65 Å². The number of nitrogens with zero attached hydrogens (tertiary/aromatic N) is 6. The number of nitrogens with one attached hydrogen (secondary N) is 1. The number of benzene rings is 1. The number of aromatic nitrogens is 6. The zero-order chi connectivity index (χ0) is 23.1. The SMILES string of the molecule is CCn1cc2c(Cl)c(-c3[nH]nc4nc(N5C6CCC5CC(C)(N)C6)n(C)c(=O)c34)ccc2n1. The highest BCUT2D eigenvalue weighted by molar-refractivity contribution is 6.38. The molecule has 5 heterocycles. The number of anilines is 1. The van der Waals surface area contributed by atoms with Crippen LogP contribution in [0.2, 0.25) is 5.02 Å². The fourth-order valence-corrected chi connectivity index (χ4v) is 6.09. The maximum absolute atomic E-state index is 13.6. The summed E-state index contributed by atoms with van der Waals surface area (Å²) < 4.78 is 3.49. The first-order valence-corrected chi connectivity index (χ1v) is 11.8. The Labute approximate surface area is 195 Å². The summed E-state index contributed by atoms with van der Waals surface area (Å²) in [5, 5.41) is 13.8. The average Bonchev–Trinajstić information content (AvgIpc) is 3.45. The molecule has 6 rings (SSSR count). The van der Waals surface area contributed by atoms with Crippen molar-refractivity contribution >= 4 is 39.5 Å². The van der Waals surface area contributed by atoms with Crippen molar-refractivity contribution in [2.45, 2.75) is 63.7 Å². The molecule has 172 valence electrons. The molecule has 9 nitrogen and oxygen atoms in total. The molecule has 0 amide bonds. The van der Waals surface area contributed by atoms with E-state index in [1.54, 1.807) is 11.6 Å². The number of H-pyrrole nitrogens is 1. The van der Waals surface area contributed by atoms with E-state index in [-0.39, 0.29) is 11.1 Å². The maximum atomic E-state index is 13.6. The predicted molar refractivity (Wildman–Crippen MR) is 130 cm³/mol. The molecule has 2 atom stereocenters. The van der Waals surface area contributed by atoms with E-state index in [0.29, 0.717) is 45.3 Å². The van der Waals surface area contributed by atoms with E-state index in [1.165, 1.54) is 0 Å². The van der Waals surface area contributed by atoms with Crippen molar-refractivity contribution < 1.29 is 0 Å². The molecule has 2 unspecified atom stereocenters. The summed E-state index contributed by atoms with van der Waals surface area (Å²) in [5.74, 6) is 0.666. The van der Waals surface area contributed by atoms with Crippen LogP contribution in [0.4, 0.5) is 5.95 Å². The first kappa shape index (κ1) is 20.7. The van der Waals surface area contributed by atoms with Gasteiger partial charge in [0.25, 0.3) is 5.56 Å². The number of aryl methyl sites for hydroxylation is 1. The lowest BCUT2D eigenvalue weighted by molar-refractivity contribution is 0.302. The zero-order valence-electron chi connectivity index (χ0n) is 19.0. The van der Waals surface area contributed by atoms with E-state index < -0.39 is 0 Å². The smallest absolute Gasteiger partial charge is 0.266 e. The molecule has 2 fully saturated rings.